The van der Waals surface area contributed by atoms with E-state index in [0.29, 0.717) is 24.8 Å². The molecule has 8 nitrogen and oxygen atoms in total. The van der Waals surface area contributed by atoms with Crippen LogP contribution in [0.3, 0.4) is 0 Å². The molecule has 2 bridgehead atoms. The molecule has 0 aromatic carbocycles. The number of rotatable bonds is 6. The third-order valence-electron chi connectivity index (χ3n) is 7.86. The van der Waals surface area contributed by atoms with Crippen molar-refractivity contribution in [2.45, 2.75) is 57.0 Å². The molecule has 31 heavy (non-hydrogen) atoms. The second-order valence-electron chi connectivity index (χ2n) is 9.88. The van der Waals surface area contributed by atoms with Gasteiger partial charge in [0.05, 0.1) is 6.20 Å². The van der Waals surface area contributed by atoms with Crippen LogP contribution >= 0.6 is 0 Å². The largest absolute Gasteiger partial charge is 0.381 e. The third-order valence-corrected chi connectivity index (χ3v) is 7.86. The Morgan fingerprint density at radius 2 is 2.06 bits per heavy atom. The Balaban J connectivity index is 1.28. The van der Waals surface area contributed by atoms with Crippen molar-refractivity contribution in [2.24, 2.45) is 17.8 Å². The molecule has 0 spiro atoms. The van der Waals surface area contributed by atoms with E-state index in [1.165, 1.54) is 5.56 Å². The molecule has 170 valence electrons. The average Bonchev–Trinajstić information content (AvgIpc) is 3.31. The topological polar surface area (TPSA) is 90.6 Å². The van der Waals surface area contributed by atoms with Crippen molar-refractivity contribution < 1.29 is 14.3 Å². The molecule has 8 heteroatoms. The van der Waals surface area contributed by atoms with Gasteiger partial charge in [0, 0.05) is 64.0 Å². The summed E-state index contributed by atoms with van der Waals surface area (Å²) in [5.41, 5.74) is 1.22. The zero-order valence-electron chi connectivity index (χ0n) is 18.3. The molecule has 0 unspecified atom stereocenters. The molecule has 4 aliphatic rings. The summed E-state index contributed by atoms with van der Waals surface area (Å²) in [6, 6.07) is -0.0985. The number of H-pyrrole nitrogens is 1. The number of hydrogen-bond donors (Lipinski definition) is 2. The SMILES string of the molecule is O=C(NCC1CCOCC1)[C@H]1[C@@H]2C[C@@H](CN(CCc3cn[nH]c3)C2)[C@@H]2CCCC(=O)N21. The van der Waals surface area contributed by atoms with Crippen LogP contribution in [0.2, 0.25) is 0 Å². The lowest BCUT2D eigenvalue weighted by molar-refractivity contribution is -0.160. The van der Waals surface area contributed by atoms with Gasteiger partial charge in [-0.2, -0.15) is 5.10 Å². The number of aromatic nitrogens is 2. The summed E-state index contributed by atoms with van der Waals surface area (Å²) in [7, 11) is 0. The summed E-state index contributed by atoms with van der Waals surface area (Å²) in [6.45, 7) is 5.16. The zero-order valence-corrected chi connectivity index (χ0v) is 18.3. The zero-order chi connectivity index (χ0) is 21.2. The lowest BCUT2D eigenvalue weighted by Crippen LogP contribution is -2.68. The number of fused-ring (bicyclic) bond motifs is 4. The Kier molecular flexibility index (Phi) is 6.27. The van der Waals surface area contributed by atoms with Crippen molar-refractivity contribution in [3.63, 3.8) is 0 Å². The van der Waals surface area contributed by atoms with Gasteiger partial charge < -0.3 is 19.9 Å². The summed E-state index contributed by atoms with van der Waals surface area (Å²) in [4.78, 5) is 30.9. The highest BCUT2D eigenvalue weighted by molar-refractivity contribution is 5.89. The molecule has 0 aliphatic carbocycles. The van der Waals surface area contributed by atoms with E-state index in [1.807, 2.05) is 17.3 Å². The first-order valence-electron chi connectivity index (χ1n) is 12.1. The van der Waals surface area contributed by atoms with Gasteiger partial charge in [-0.15, -0.1) is 0 Å². The van der Waals surface area contributed by atoms with Crippen LogP contribution in [0.5, 0.6) is 0 Å². The van der Waals surface area contributed by atoms with E-state index in [9.17, 15) is 9.59 Å². The van der Waals surface area contributed by atoms with Crippen molar-refractivity contribution in [1.82, 2.24) is 25.3 Å². The van der Waals surface area contributed by atoms with Crippen LogP contribution in [0, 0.1) is 17.8 Å². The number of carbonyl (C=O) groups is 2. The minimum absolute atomic E-state index is 0.0619. The molecule has 5 heterocycles. The average molecular weight is 430 g/mol. The number of likely N-dealkylation sites (tertiary alicyclic amines) is 1. The molecule has 4 aliphatic heterocycles. The Morgan fingerprint density at radius 1 is 1.23 bits per heavy atom. The number of nitrogens with one attached hydrogen (secondary N) is 2. The highest BCUT2D eigenvalue weighted by Crippen LogP contribution is 2.41. The van der Waals surface area contributed by atoms with Crippen LogP contribution < -0.4 is 5.32 Å². The first kappa shape index (κ1) is 20.9. The van der Waals surface area contributed by atoms with E-state index in [4.69, 9.17) is 4.74 Å². The molecule has 5 rings (SSSR count). The second kappa shape index (κ2) is 9.28. The lowest BCUT2D eigenvalue weighted by atomic mass is 9.71. The third kappa shape index (κ3) is 4.51. The molecule has 2 amide bonds. The van der Waals surface area contributed by atoms with Gasteiger partial charge >= 0.3 is 0 Å². The van der Waals surface area contributed by atoms with Crippen LogP contribution in [-0.4, -0.2) is 83.3 Å². The van der Waals surface area contributed by atoms with Crippen LogP contribution in [0.25, 0.3) is 0 Å². The van der Waals surface area contributed by atoms with Crippen molar-refractivity contribution >= 4 is 11.8 Å². The maximum atomic E-state index is 13.4. The minimum Gasteiger partial charge on any atom is -0.381 e. The van der Waals surface area contributed by atoms with Gasteiger partial charge in [0.15, 0.2) is 0 Å². The number of carbonyl (C=O) groups excluding carboxylic acids is 2. The highest BCUT2D eigenvalue weighted by atomic mass is 16.5. The molecule has 4 fully saturated rings. The van der Waals surface area contributed by atoms with Gasteiger partial charge in [-0.25, -0.2) is 0 Å². The predicted molar refractivity (Wildman–Crippen MR) is 115 cm³/mol. The number of aromatic amines is 1. The van der Waals surface area contributed by atoms with E-state index < -0.39 is 0 Å². The summed E-state index contributed by atoms with van der Waals surface area (Å²) in [6.07, 6.45) is 10.4. The van der Waals surface area contributed by atoms with Crippen LogP contribution in [0.15, 0.2) is 12.4 Å². The van der Waals surface area contributed by atoms with Gasteiger partial charge in [0.25, 0.3) is 0 Å². The quantitative estimate of drug-likeness (QED) is 0.709. The van der Waals surface area contributed by atoms with Crippen LogP contribution in [-0.2, 0) is 20.7 Å². The fraction of sp³-hybridized carbons (Fsp3) is 0.783. The number of ether oxygens (including phenoxy) is 1. The first-order valence-corrected chi connectivity index (χ1v) is 12.1. The van der Waals surface area contributed by atoms with Gasteiger partial charge in [-0.1, -0.05) is 0 Å². The number of amides is 2. The number of nitrogens with zero attached hydrogens (tertiary/aromatic N) is 3. The number of piperidine rings is 3. The predicted octanol–water partition coefficient (Wildman–Crippen LogP) is 1.20. The molecule has 4 atom stereocenters. The normalized spacial score (nSPS) is 32.0. The van der Waals surface area contributed by atoms with Crippen molar-refractivity contribution in [3.05, 3.63) is 18.0 Å². The highest BCUT2D eigenvalue weighted by Gasteiger charge is 2.51. The van der Waals surface area contributed by atoms with Crippen LogP contribution in [0.4, 0.5) is 0 Å². The molecular formula is C23H35N5O3. The minimum atomic E-state index is -0.314. The Bertz CT molecular complexity index is 763. The van der Waals surface area contributed by atoms with Crippen molar-refractivity contribution in [1.29, 1.82) is 0 Å². The molecule has 0 radical (unpaired) electrons. The van der Waals surface area contributed by atoms with E-state index in [0.717, 1.165) is 71.4 Å². The van der Waals surface area contributed by atoms with Crippen molar-refractivity contribution in [2.75, 3.05) is 39.4 Å². The van der Waals surface area contributed by atoms with E-state index in [-0.39, 0.29) is 29.8 Å². The van der Waals surface area contributed by atoms with Gasteiger partial charge in [0.2, 0.25) is 11.8 Å². The van der Waals surface area contributed by atoms with Crippen LogP contribution in [0.1, 0.15) is 44.1 Å². The smallest absolute Gasteiger partial charge is 0.243 e. The first-order chi connectivity index (χ1) is 15.2. The van der Waals surface area contributed by atoms with Gasteiger partial charge in [-0.3, -0.25) is 14.7 Å². The van der Waals surface area contributed by atoms with E-state index in [2.05, 4.69) is 20.4 Å². The lowest BCUT2D eigenvalue weighted by Gasteiger charge is -2.56. The Morgan fingerprint density at radius 3 is 2.87 bits per heavy atom. The molecule has 4 saturated heterocycles. The molecule has 1 aromatic rings. The van der Waals surface area contributed by atoms with E-state index >= 15 is 0 Å². The second-order valence-corrected chi connectivity index (χ2v) is 9.88. The molecule has 2 N–H and O–H groups in total. The van der Waals surface area contributed by atoms with E-state index in [1.54, 1.807) is 0 Å². The maximum Gasteiger partial charge on any atom is 0.243 e. The van der Waals surface area contributed by atoms with Gasteiger partial charge in [0.1, 0.15) is 6.04 Å². The molecular weight excluding hydrogens is 394 g/mol. The molecule has 1 aromatic heterocycles. The monoisotopic (exact) mass is 429 g/mol. The van der Waals surface area contributed by atoms with Crippen molar-refractivity contribution in [3.8, 4) is 0 Å². The maximum absolute atomic E-state index is 13.4. The molecule has 0 saturated carbocycles. The fourth-order valence-corrected chi connectivity index (χ4v) is 6.27. The summed E-state index contributed by atoms with van der Waals surface area (Å²) < 4.78 is 5.45. The Labute approximate surface area is 184 Å². The summed E-state index contributed by atoms with van der Waals surface area (Å²) in [5.74, 6) is 1.43. The number of hydrogen-bond acceptors (Lipinski definition) is 5. The standard InChI is InChI=1S/C23H35N5O3/c29-21-3-1-2-20-18-10-19(15-27(14-18)7-4-17-12-25-26-13-17)22(28(20)21)23(30)24-11-16-5-8-31-9-6-16/h12-13,16,18-20,22H,1-11,14-15H2,(H,24,30)(H,25,26)/t18-,19+,20-,22+/m0/s1. The van der Waals surface area contributed by atoms with Gasteiger partial charge in [-0.05, 0) is 55.9 Å². The Hall–Kier alpha value is -1.93. The summed E-state index contributed by atoms with van der Waals surface area (Å²) in [5, 5.41) is 10.2. The summed E-state index contributed by atoms with van der Waals surface area (Å²) >= 11 is 0. The fourth-order valence-electron chi connectivity index (χ4n) is 6.27.